The summed E-state index contributed by atoms with van der Waals surface area (Å²) in [7, 11) is 0. The lowest BCUT2D eigenvalue weighted by molar-refractivity contribution is -0.123. The number of furan rings is 1. The van der Waals surface area contributed by atoms with Gasteiger partial charge >= 0.3 is 0 Å². The molecule has 1 aromatic heterocycles. The lowest BCUT2D eigenvalue weighted by atomic mass is 10.2. The predicted molar refractivity (Wildman–Crippen MR) is 104 cm³/mol. The zero-order valence-electron chi connectivity index (χ0n) is 14.4. The molecule has 140 valence electrons. The van der Waals surface area contributed by atoms with Gasteiger partial charge in [-0.1, -0.05) is 11.6 Å². The summed E-state index contributed by atoms with van der Waals surface area (Å²) in [6.45, 7) is 3.17. The molecule has 1 atom stereocenters. The SMILES string of the molecule is Cc1ccc(C(=O)Nc2ccc(N3C(=O)C4COCCN4C3=S)c(Cl)c2)o1. The van der Waals surface area contributed by atoms with Crippen molar-refractivity contribution in [3.05, 3.63) is 46.9 Å². The van der Waals surface area contributed by atoms with Crippen molar-refractivity contribution in [3.8, 4) is 0 Å². The summed E-state index contributed by atoms with van der Waals surface area (Å²) in [5.74, 6) is 0.314. The molecule has 2 aliphatic rings. The topological polar surface area (TPSA) is 75.0 Å². The van der Waals surface area contributed by atoms with Gasteiger partial charge in [-0.2, -0.15) is 0 Å². The summed E-state index contributed by atoms with van der Waals surface area (Å²) in [5.41, 5.74) is 0.967. The lowest BCUT2D eigenvalue weighted by Crippen LogP contribution is -2.44. The summed E-state index contributed by atoms with van der Waals surface area (Å²) in [6, 6.07) is 7.80. The number of halogens is 1. The molecule has 9 heteroatoms. The number of nitrogens with one attached hydrogen (secondary N) is 1. The third-order valence-corrected chi connectivity index (χ3v) is 5.20. The largest absolute Gasteiger partial charge is 0.456 e. The van der Waals surface area contributed by atoms with Crippen LogP contribution in [0.3, 0.4) is 0 Å². The van der Waals surface area contributed by atoms with Gasteiger partial charge in [0.25, 0.3) is 11.8 Å². The molecule has 0 radical (unpaired) electrons. The maximum atomic E-state index is 12.7. The first-order chi connectivity index (χ1) is 13.0. The maximum absolute atomic E-state index is 12.7. The quantitative estimate of drug-likeness (QED) is 0.791. The van der Waals surface area contributed by atoms with E-state index in [1.807, 2.05) is 4.90 Å². The standard InChI is InChI=1S/C18H16ClN3O4S/c1-10-2-5-15(26-10)16(23)20-11-3-4-13(12(19)8-11)22-17(24)14-9-25-7-6-21(14)18(22)27/h2-5,8,14H,6-7,9H2,1H3,(H,20,23). The average Bonchev–Trinajstić information content (AvgIpc) is 3.19. The van der Waals surface area contributed by atoms with Crippen LogP contribution in [0.4, 0.5) is 11.4 Å². The van der Waals surface area contributed by atoms with Gasteiger partial charge in [0.15, 0.2) is 10.9 Å². The van der Waals surface area contributed by atoms with E-state index in [1.54, 1.807) is 37.3 Å². The van der Waals surface area contributed by atoms with Gasteiger partial charge in [-0.15, -0.1) is 0 Å². The monoisotopic (exact) mass is 405 g/mol. The highest BCUT2D eigenvalue weighted by Crippen LogP contribution is 2.34. The number of benzene rings is 1. The van der Waals surface area contributed by atoms with Gasteiger partial charge in [-0.25, -0.2) is 0 Å². The van der Waals surface area contributed by atoms with E-state index in [4.69, 9.17) is 33.0 Å². The molecule has 2 aromatic rings. The van der Waals surface area contributed by atoms with Gasteiger partial charge in [0.05, 0.1) is 23.9 Å². The van der Waals surface area contributed by atoms with Crippen LogP contribution in [0.25, 0.3) is 0 Å². The first-order valence-corrected chi connectivity index (χ1v) is 9.14. The van der Waals surface area contributed by atoms with Crippen molar-refractivity contribution >= 4 is 52.1 Å². The number of thiocarbonyl (C=S) groups is 1. The molecule has 0 spiro atoms. The Balaban J connectivity index is 1.56. The number of carbonyl (C=O) groups excluding carboxylic acids is 2. The second-order valence-electron chi connectivity index (χ2n) is 6.27. The van der Waals surface area contributed by atoms with Crippen molar-refractivity contribution in [2.24, 2.45) is 0 Å². The minimum Gasteiger partial charge on any atom is -0.456 e. The fourth-order valence-corrected chi connectivity index (χ4v) is 3.82. The zero-order chi connectivity index (χ0) is 19.1. The third-order valence-electron chi connectivity index (χ3n) is 4.48. The number of aryl methyl sites for hydroxylation is 1. The highest BCUT2D eigenvalue weighted by Gasteiger charge is 2.45. The van der Waals surface area contributed by atoms with Crippen molar-refractivity contribution in [2.45, 2.75) is 13.0 Å². The molecule has 1 N–H and O–H groups in total. The molecule has 4 rings (SSSR count). The van der Waals surface area contributed by atoms with Crippen molar-refractivity contribution in [3.63, 3.8) is 0 Å². The Morgan fingerprint density at radius 2 is 2.15 bits per heavy atom. The molecular weight excluding hydrogens is 390 g/mol. The number of morpholine rings is 1. The molecule has 3 heterocycles. The molecule has 2 saturated heterocycles. The highest BCUT2D eigenvalue weighted by molar-refractivity contribution is 7.80. The van der Waals surface area contributed by atoms with Crippen LogP contribution in [-0.2, 0) is 9.53 Å². The molecule has 2 aliphatic heterocycles. The maximum Gasteiger partial charge on any atom is 0.291 e. The van der Waals surface area contributed by atoms with E-state index in [9.17, 15) is 9.59 Å². The number of carbonyl (C=O) groups is 2. The summed E-state index contributed by atoms with van der Waals surface area (Å²) in [4.78, 5) is 28.2. The number of amides is 2. The van der Waals surface area contributed by atoms with Crippen LogP contribution in [0, 0.1) is 6.92 Å². The van der Waals surface area contributed by atoms with Gasteiger partial charge in [-0.3, -0.25) is 14.5 Å². The fraction of sp³-hybridized carbons (Fsp3) is 0.278. The summed E-state index contributed by atoms with van der Waals surface area (Å²) >= 11 is 11.9. The molecule has 2 amide bonds. The first-order valence-electron chi connectivity index (χ1n) is 8.35. The Kier molecular flexibility index (Phi) is 4.63. The summed E-state index contributed by atoms with van der Waals surface area (Å²) in [5, 5.41) is 3.44. The average molecular weight is 406 g/mol. The normalized spacial score (nSPS) is 19.4. The molecule has 1 unspecified atom stereocenters. The second-order valence-corrected chi connectivity index (χ2v) is 7.04. The smallest absolute Gasteiger partial charge is 0.291 e. The van der Waals surface area contributed by atoms with Gasteiger partial charge in [0.1, 0.15) is 11.8 Å². The number of hydrogen-bond donors (Lipinski definition) is 1. The van der Waals surface area contributed by atoms with Crippen LogP contribution in [0.5, 0.6) is 0 Å². The Hall–Kier alpha value is -2.42. The number of nitrogens with zero attached hydrogens (tertiary/aromatic N) is 2. The summed E-state index contributed by atoms with van der Waals surface area (Å²) < 4.78 is 10.7. The van der Waals surface area contributed by atoms with Crippen LogP contribution in [0.2, 0.25) is 5.02 Å². The zero-order valence-corrected chi connectivity index (χ0v) is 16.0. The fourth-order valence-electron chi connectivity index (χ4n) is 3.15. The van der Waals surface area contributed by atoms with E-state index in [0.717, 1.165) is 0 Å². The van der Waals surface area contributed by atoms with Crippen LogP contribution in [0.15, 0.2) is 34.7 Å². The molecule has 27 heavy (non-hydrogen) atoms. The number of rotatable bonds is 3. The van der Waals surface area contributed by atoms with Gasteiger partial charge in [0.2, 0.25) is 0 Å². The Morgan fingerprint density at radius 3 is 2.81 bits per heavy atom. The molecular formula is C18H16ClN3O4S. The number of anilines is 2. The Labute approximate surface area is 165 Å². The second kappa shape index (κ2) is 6.95. The molecule has 1 aromatic carbocycles. The van der Waals surface area contributed by atoms with Gasteiger partial charge < -0.3 is 19.4 Å². The Morgan fingerprint density at radius 1 is 1.33 bits per heavy atom. The summed E-state index contributed by atoms with van der Waals surface area (Å²) in [6.07, 6.45) is 0. The number of ether oxygens (including phenoxy) is 1. The Bertz CT molecular complexity index is 920. The molecule has 7 nitrogen and oxygen atoms in total. The van der Waals surface area contributed by atoms with E-state index < -0.39 is 6.04 Å². The molecule has 0 saturated carbocycles. The van der Waals surface area contributed by atoms with Crippen molar-refractivity contribution < 1.29 is 18.7 Å². The number of hydrogen-bond acceptors (Lipinski definition) is 5. The van der Waals surface area contributed by atoms with E-state index in [0.29, 0.717) is 47.0 Å². The van der Waals surface area contributed by atoms with E-state index >= 15 is 0 Å². The molecule has 2 fully saturated rings. The van der Waals surface area contributed by atoms with Crippen LogP contribution in [0.1, 0.15) is 16.3 Å². The third kappa shape index (κ3) is 3.20. The van der Waals surface area contributed by atoms with E-state index in [1.165, 1.54) is 4.90 Å². The van der Waals surface area contributed by atoms with Gasteiger partial charge in [-0.05, 0) is 49.5 Å². The minimum absolute atomic E-state index is 0.163. The van der Waals surface area contributed by atoms with Crippen molar-refractivity contribution in [1.82, 2.24) is 4.90 Å². The van der Waals surface area contributed by atoms with E-state index in [2.05, 4.69) is 5.32 Å². The molecule has 0 aliphatic carbocycles. The van der Waals surface area contributed by atoms with Gasteiger partial charge in [0, 0.05) is 12.2 Å². The minimum atomic E-state index is -0.413. The number of fused-ring (bicyclic) bond motifs is 1. The van der Waals surface area contributed by atoms with E-state index in [-0.39, 0.29) is 17.6 Å². The van der Waals surface area contributed by atoms with Crippen LogP contribution < -0.4 is 10.2 Å². The van der Waals surface area contributed by atoms with Crippen LogP contribution >= 0.6 is 23.8 Å². The lowest BCUT2D eigenvalue weighted by Gasteiger charge is -2.28. The van der Waals surface area contributed by atoms with Crippen molar-refractivity contribution in [2.75, 3.05) is 30.0 Å². The van der Waals surface area contributed by atoms with Crippen LogP contribution in [-0.4, -0.2) is 47.6 Å². The molecule has 0 bridgehead atoms. The predicted octanol–water partition coefficient (Wildman–Crippen LogP) is 2.83. The highest BCUT2D eigenvalue weighted by atomic mass is 35.5. The van der Waals surface area contributed by atoms with Crippen molar-refractivity contribution in [1.29, 1.82) is 0 Å². The first kappa shape index (κ1) is 18.0.